The fourth-order valence-corrected chi connectivity index (χ4v) is 2.30. The van der Waals surface area contributed by atoms with Crippen LogP contribution in [0.15, 0.2) is 42.5 Å². The Balaban J connectivity index is 2.28. The molecule has 0 saturated carbocycles. The number of anilines is 1. The average Bonchev–Trinajstić information content (AvgIpc) is 2.55. The Morgan fingerprint density at radius 3 is 2.46 bits per heavy atom. The number of para-hydroxylation sites is 1. The number of nitro benzene ring substituents is 1. The molecule has 0 aliphatic heterocycles. The fourth-order valence-electron chi connectivity index (χ4n) is 2.04. The second kappa shape index (κ2) is 7.56. The molecule has 0 atom stereocenters. The zero-order chi connectivity index (χ0) is 17.7. The monoisotopic (exact) mass is 347 g/mol. The van der Waals surface area contributed by atoms with E-state index in [0.29, 0.717) is 17.8 Å². The van der Waals surface area contributed by atoms with Crippen LogP contribution in [-0.4, -0.2) is 23.3 Å². The number of hydrogen-bond acceptors (Lipinski definition) is 4. The van der Waals surface area contributed by atoms with Gasteiger partial charge in [0.05, 0.1) is 26.8 Å². The van der Waals surface area contributed by atoms with Gasteiger partial charge in [-0.25, -0.2) is 0 Å². The zero-order valence-corrected chi connectivity index (χ0v) is 13.5. The lowest BCUT2D eigenvalue weighted by atomic mass is 10.1. The Morgan fingerprint density at radius 2 is 1.83 bits per heavy atom. The molecule has 2 aromatic carbocycles. The van der Waals surface area contributed by atoms with Gasteiger partial charge in [-0.3, -0.25) is 19.7 Å². The van der Waals surface area contributed by atoms with Crippen molar-refractivity contribution in [1.82, 2.24) is 5.32 Å². The molecule has 0 unspecified atom stereocenters. The Hall–Kier alpha value is -2.93. The molecule has 2 amide bonds. The lowest BCUT2D eigenvalue weighted by molar-refractivity contribution is -0.384. The fraction of sp³-hybridized carbons (Fsp3) is 0.125. The number of benzene rings is 2. The molecule has 2 aromatic rings. The summed E-state index contributed by atoms with van der Waals surface area (Å²) < 4.78 is 0. The van der Waals surface area contributed by atoms with E-state index in [2.05, 4.69) is 10.6 Å². The van der Waals surface area contributed by atoms with E-state index in [9.17, 15) is 19.7 Å². The first-order chi connectivity index (χ1) is 11.4. The number of hydrogen-bond donors (Lipinski definition) is 2. The average molecular weight is 348 g/mol. The summed E-state index contributed by atoms with van der Waals surface area (Å²) in [6, 6.07) is 10.1. The molecule has 0 radical (unpaired) electrons. The molecule has 0 bridgehead atoms. The number of non-ortho nitro benzene ring substituents is 1. The van der Waals surface area contributed by atoms with Crippen molar-refractivity contribution in [2.75, 3.05) is 11.9 Å². The molecular weight excluding hydrogens is 334 g/mol. The highest BCUT2D eigenvalue weighted by Crippen LogP contribution is 2.24. The van der Waals surface area contributed by atoms with Crippen LogP contribution in [0.3, 0.4) is 0 Å². The Morgan fingerprint density at radius 1 is 1.12 bits per heavy atom. The standard InChI is InChI=1S/C16H14ClN3O4/c1-2-18-15(21)12-5-3-4-6-14(12)19-16(22)11-8-7-10(20(23)24)9-13(11)17/h3-9H,2H2,1H3,(H,18,21)(H,19,22). The van der Waals surface area contributed by atoms with Gasteiger partial charge in [-0.05, 0) is 25.1 Å². The number of nitro groups is 1. The van der Waals surface area contributed by atoms with Crippen molar-refractivity contribution in [2.24, 2.45) is 0 Å². The lowest BCUT2D eigenvalue weighted by Crippen LogP contribution is -2.24. The SMILES string of the molecule is CCNC(=O)c1ccccc1NC(=O)c1ccc([N+](=O)[O-])cc1Cl. The van der Waals surface area contributed by atoms with Crippen LogP contribution in [0.1, 0.15) is 27.6 Å². The highest BCUT2D eigenvalue weighted by molar-refractivity contribution is 6.34. The highest BCUT2D eigenvalue weighted by atomic mass is 35.5. The van der Waals surface area contributed by atoms with Crippen molar-refractivity contribution in [2.45, 2.75) is 6.92 Å². The van der Waals surface area contributed by atoms with E-state index in [1.165, 1.54) is 12.1 Å². The molecule has 0 saturated heterocycles. The normalized spacial score (nSPS) is 10.1. The van der Waals surface area contributed by atoms with Crippen LogP contribution in [-0.2, 0) is 0 Å². The van der Waals surface area contributed by atoms with Crippen LogP contribution in [0.25, 0.3) is 0 Å². The number of amides is 2. The largest absolute Gasteiger partial charge is 0.352 e. The summed E-state index contributed by atoms with van der Waals surface area (Å²) in [5, 5.41) is 15.9. The van der Waals surface area contributed by atoms with E-state index in [-0.39, 0.29) is 22.2 Å². The number of halogens is 1. The number of nitrogens with zero attached hydrogens (tertiary/aromatic N) is 1. The van der Waals surface area contributed by atoms with Crippen LogP contribution in [0.2, 0.25) is 5.02 Å². The molecule has 0 spiro atoms. The number of rotatable bonds is 5. The molecule has 0 fully saturated rings. The molecule has 124 valence electrons. The summed E-state index contributed by atoms with van der Waals surface area (Å²) in [6.07, 6.45) is 0. The lowest BCUT2D eigenvalue weighted by Gasteiger charge is -2.11. The Labute approximate surface area is 142 Å². The van der Waals surface area contributed by atoms with Gasteiger partial charge in [-0.1, -0.05) is 23.7 Å². The maximum absolute atomic E-state index is 12.4. The van der Waals surface area contributed by atoms with Crippen LogP contribution >= 0.6 is 11.6 Å². The van der Waals surface area contributed by atoms with E-state index in [0.717, 1.165) is 6.07 Å². The topological polar surface area (TPSA) is 101 Å². The Kier molecular flexibility index (Phi) is 5.49. The van der Waals surface area contributed by atoms with Crippen LogP contribution in [0.4, 0.5) is 11.4 Å². The van der Waals surface area contributed by atoms with Gasteiger partial charge in [0, 0.05) is 18.7 Å². The second-order valence-corrected chi connectivity index (χ2v) is 5.19. The molecule has 2 rings (SSSR count). The van der Waals surface area contributed by atoms with Gasteiger partial charge in [0.25, 0.3) is 17.5 Å². The smallest absolute Gasteiger partial charge is 0.270 e. The van der Waals surface area contributed by atoms with Gasteiger partial charge in [-0.15, -0.1) is 0 Å². The third-order valence-corrected chi connectivity index (χ3v) is 3.48. The van der Waals surface area contributed by atoms with Gasteiger partial charge < -0.3 is 10.6 Å². The summed E-state index contributed by atoms with van der Waals surface area (Å²) in [4.78, 5) is 34.5. The van der Waals surface area contributed by atoms with Gasteiger partial charge in [0.1, 0.15) is 0 Å². The van der Waals surface area contributed by atoms with Gasteiger partial charge in [0.15, 0.2) is 0 Å². The van der Waals surface area contributed by atoms with E-state index in [1.807, 2.05) is 0 Å². The number of carbonyl (C=O) groups is 2. The van der Waals surface area contributed by atoms with Gasteiger partial charge >= 0.3 is 0 Å². The Bertz CT molecular complexity index is 808. The molecule has 24 heavy (non-hydrogen) atoms. The molecule has 2 N–H and O–H groups in total. The van der Waals surface area contributed by atoms with Crippen molar-refractivity contribution in [1.29, 1.82) is 0 Å². The van der Waals surface area contributed by atoms with E-state index in [4.69, 9.17) is 11.6 Å². The summed E-state index contributed by atoms with van der Waals surface area (Å²) in [7, 11) is 0. The predicted molar refractivity (Wildman–Crippen MR) is 90.5 cm³/mol. The van der Waals surface area contributed by atoms with E-state index < -0.39 is 10.8 Å². The quantitative estimate of drug-likeness (QED) is 0.640. The first-order valence-corrected chi connectivity index (χ1v) is 7.44. The van der Waals surface area contributed by atoms with Gasteiger partial charge in [-0.2, -0.15) is 0 Å². The maximum atomic E-state index is 12.4. The van der Waals surface area contributed by atoms with Crippen LogP contribution < -0.4 is 10.6 Å². The maximum Gasteiger partial charge on any atom is 0.270 e. The summed E-state index contributed by atoms with van der Waals surface area (Å²) >= 11 is 5.94. The molecule has 0 aliphatic carbocycles. The van der Waals surface area contributed by atoms with Crippen molar-refractivity contribution in [3.63, 3.8) is 0 Å². The minimum Gasteiger partial charge on any atom is -0.352 e. The highest BCUT2D eigenvalue weighted by Gasteiger charge is 2.17. The van der Waals surface area contributed by atoms with Crippen molar-refractivity contribution in [3.05, 3.63) is 68.7 Å². The van der Waals surface area contributed by atoms with Crippen LogP contribution in [0.5, 0.6) is 0 Å². The van der Waals surface area contributed by atoms with Crippen molar-refractivity contribution >= 4 is 34.8 Å². The third kappa shape index (κ3) is 3.88. The summed E-state index contributed by atoms with van der Waals surface area (Å²) in [5.74, 6) is -0.880. The third-order valence-electron chi connectivity index (χ3n) is 3.17. The molecule has 7 nitrogen and oxygen atoms in total. The number of nitrogens with one attached hydrogen (secondary N) is 2. The summed E-state index contributed by atoms with van der Waals surface area (Å²) in [5.41, 5.74) is 0.501. The molecule has 0 aromatic heterocycles. The first-order valence-electron chi connectivity index (χ1n) is 7.06. The van der Waals surface area contributed by atoms with E-state index in [1.54, 1.807) is 31.2 Å². The molecule has 0 aliphatic rings. The molecular formula is C16H14ClN3O4. The predicted octanol–water partition coefficient (Wildman–Crippen LogP) is 3.25. The van der Waals surface area contributed by atoms with Gasteiger partial charge in [0.2, 0.25) is 0 Å². The number of carbonyl (C=O) groups excluding carboxylic acids is 2. The molecule has 8 heteroatoms. The van der Waals surface area contributed by atoms with E-state index >= 15 is 0 Å². The summed E-state index contributed by atoms with van der Waals surface area (Å²) in [6.45, 7) is 2.24. The first kappa shape index (κ1) is 17.4. The minimum atomic E-state index is -0.599. The van der Waals surface area contributed by atoms with Crippen LogP contribution in [0, 0.1) is 10.1 Å². The minimum absolute atomic E-state index is 0.0443. The van der Waals surface area contributed by atoms with Crippen molar-refractivity contribution < 1.29 is 14.5 Å². The zero-order valence-electron chi connectivity index (χ0n) is 12.7. The molecule has 0 heterocycles. The van der Waals surface area contributed by atoms with Crippen molar-refractivity contribution in [3.8, 4) is 0 Å². The second-order valence-electron chi connectivity index (χ2n) is 4.78.